The number of nitrogens with zero attached hydrogens (tertiary/aromatic N) is 1. The highest BCUT2D eigenvalue weighted by atomic mass is 16.5. The molecule has 0 fully saturated rings. The summed E-state index contributed by atoms with van der Waals surface area (Å²) < 4.78 is 21.7. The minimum absolute atomic E-state index is 0.112. The van der Waals surface area contributed by atoms with Gasteiger partial charge in [0, 0.05) is 17.7 Å². The molecule has 2 aromatic rings. The van der Waals surface area contributed by atoms with E-state index in [0.717, 1.165) is 11.3 Å². The van der Waals surface area contributed by atoms with Crippen LogP contribution in [0.5, 0.6) is 23.0 Å². The summed E-state index contributed by atoms with van der Waals surface area (Å²) in [6.45, 7) is 1.45. The first-order chi connectivity index (χ1) is 12.2. The van der Waals surface area contributed by atoms with Gasteiger partial charge < -0.3 is 23.8 Å². The van der Waals surface area contributed by atoms with Gasteiger partial charge >= 0.3 is 0 Å². The van der Waals surface area contributed by atoms with Crippen LogP contribution in [0.25, 0.3) is 0 Å². The zero-order valence-corrected chi connectivity index (χ0v) is 14.6. The molecule has 1 amide bonds. The molecule has 0 bridgehead atoms. The molecule has 0 unspecified atom stereocenters. The van der Waals surface area contributed by atoms with Crippen LogP contribution in [0.3, 0.4) is 0 Å². The van der Waals surface area contributed by atoms with Gasteiger partial charge in [-0.25, -0.2) is 0 Å². The maximum absolute atomic E-state index is 13.0. The minimum atomic E-state index is -0.112. The van der Waals surface area contributed by atoms with Gasteiger partial charge in [0.2, 0.25) is 5.75 Å². The summed E-state index contributed by atoms with van der Waals surface area (Å²) in [5, 5.41) is 0. The second kappa shape index (κ2) is 7.34. The fourth-order valence-corrected chi connectivity index (χ4v) is 2.89. The number of amides is 1. The summed E-state index contributed by atoms with van der Waals surface area (Å²) in [5.41, 5.74) is 1.47. The third-order valence-electron chi connectivity index (χ3n) is 4.15. The zero-order valence-electron chi connectivity index (χ0n) is 14.6. The van der Waals surface area contributed by atoms with Crippen molar-refractivity contribution in [3.63, 3.8) is 0 Å². The lowest BCUT2D eigenvalue weighted by atomic mass is 10.1. The highest BCUT2D eigenvalue weighted by molar-refractivity contribution is 5.95. The van der Waals surface area contributed by atoms with Crippen molar-refractivity contribution in [1.82, 2.24) is 4.90 Å². The standard InChI is InChI=1S/C19H21NO5/c1-22-16-10-14(11-17(23-2)18(16)24-3)19(21)20-8-9-25-15-7-5-4-6-13(15)12-20/h4-7,10-11H,8-9,12H2,1-3H3. The number of para-hydroxylation sites is 1. The molecule has 1 aliphatic heterocycles. The van der Waals surface area contributed by atoms with Gasteiger partial charge in [0.25, 0.3) is 5.91 Å². The summed E-state index contributed by atoms with van der Waals surface area (Å²) in [7, 11) is 4.59. The Kier molecular flexibility index (Phi) is 4.97. The first-order valence-corrected chi connectivity index (χ1v) is 7.98. The average molecular weight is 343 g/mol. The smallest absolute Gasteiger partial charge is 0.254 e. The van der Waals surface area contributed by atoms with E-state index in [1.54, 1.807) is 17.0 Å². The first-order valence-electron chi connectivity index (χ1n) is 7.98. The summed E-state index contributed by atoms with van der Waals surface area (Å²) >= 11 is 0. The van der Waals surface area contributed by atoms with Crippen LogP contribution in [0.1, 0.15) is 15.9 Å². The first kappa shape index (κ1) is 17.0. The zero-order chi connectivity index (χ0) is 17.8. The molecule has 0 spiro atoms. The molecule has 0 radical (unpaired) electrons. The SMILES string of the molecule is COc1cc(C(=O)N2CCOc3ccccc3C2)cc(OC)c1OC. The van der Waals surface area contributed by atoms with E-state index < -0.39 is 0 Å². The van der Waals surface area contributed by atoms with E-state index in [-0.39, 0.29) is 5.91 Å². The maximum atomic E-state index is 13.0. The second-order valence-corrected chi connectivity index (χ2v) is 5.60. The van der Waals surface area contributed by atoms with Crippen molar-refractivity contribution in [2.45, 2.75) is 6.54 Å². The quantitative estimate of drug-likeness (QED) is 0.854. The molecule has 2 aromatic carbocycles. The van der Waals surface area contributed by atoms with Crippen molar-refractivity contribution in [3.8, 4) is 23.0 Å². The van der Waals surface area contributed by atoms with Crippen LogP contribution < -0.4 is 18.9 Å². The van der Waals surface area contributed by atoms with Gasteiger partial charge in [-0.3, -0.25) is 4.79 Å². The van der Waals surface area contributed by atoms with Gasteiger partial charge in [0.1, 0.15) is 12.4 Å². The molecule has 0 aliphatic carbocycles. The molecule has 0 atom stereocenters. The largest absolute Gasteiger partial charge is 0.493 e. The van der Waals surface area contributed by atoms with Crippen molar-refractivity contribution in [3.05, 3.63) is 47.5 Å². The summed E-state index contributed by atoms with van der Waals surface area (Å²) in [4.78, 5) is 14.8. The van der Waals surface area contributed by atoms with Crippen LogP contribution in [-0.2, 0) is 6.54 Å². The molecule has 132 valence electrons. The van der Waals surface area contributed by atoms with E-state index in [0.29, 0.717) is 42.5 Å². The number of fused-ring (bicyclic) bond motifs is 1. The van der Waals surface area contributed by atoms with E-state index in [4.69, 9.17) is 18.9 Å². The van der Waals surface area contributed by atoms with Crippen molar-refractivity contribution in [2.75, 3.05) is 34.5 Å². The normalized spacial score (nSPS) is 13.3. The fraction of sp³-hybridized carbons (Fsp3) is 0.316. The third-order valence-corrected chi connectivity index (χ3v) is 4.15. The lowest BCUT2D eigenvalue weighted by Crippen LogP contribution is -2.32. The van der Waals surface area contributed by atoms with Crippen LogP contribution >= 0.6 is 0 Å². The Morgan fingerprint density at radius 1 is 1.04 bits per heavy atom. The molecule has 0 saturated heterocycles. The van der Waals surface area contributed by atoms with Gasteiger partial charge in [-0.15, -0.1) is 0 Å². The Morgan fingerprint density at radius 3 is 2.36 bits per heavy atom. The Morgan fingerprint density at radius 2 is 1.72 bits per heavy atom. The number of hydrogen-bond acceptors (Lipinski definition) is 5. The number of hydrogen-bond donors (Lipinski definition) is 0. The number of rotatable bonds is 4. The topological polar surface area (TPSA) is 57.2 Å². The van der Waals surface area contributed by atoms with Crippen LogP contribution in [0.4, 0.5) is 0 Å². The summed E-state index contributed by atoms with van der Waals surface area (Å²) in [5.74, 6) is 2.08. The molecule has 1 heterocycles. The molecule has 3 rings (SSSR count). The van der Waals surface area contributed by atoms with E-state index in [1.165, 1.54) is 21.3 Å². The van der Waals surface area contributed by atoms with Crippen molar-refractivity contribution >= 4 is 5.91 Å². The Hall–Kier alpha value is -2.89. The van der Waals surface area contributed by atoms with Crippen LogP contribution in [-0.4, -0.2) is 45.3 Å². The highest BCUT2D eigenvalue weighted by Crippen LogP contribution is 2.38. The van der Waals surface area contributed by atoms with Gasteiger partial charge in [-0.2, -0.15) is 0 Å². The Balaban J connectivity index is 1.93. The van der Waals surface area contributed by atoms with Crippen molar-refractivity contribution in [2.24, 2.45) is 0 Å². The lowest BCUT2D eigenvalue weighted by Gasteiger charge is -2.21. The van der Waals surface area contributed by atoms with Crippen LogP contribution in [0.2, 0.25) is 0 Å². The number of carbonyl (C=O) groups is 1. The van der Waals surface area contributed by atoms with E-state index in [2.05, 4.69) is 0 Å². The molecule has 0 aromatic heterocycles. The lowest BCUT2D eigenvalue weighted by molar-refractivity contribution is 0.0732. The fourth-order valence-electron chi connectivity index (χ4n) is 2.89. The molecule has 25 heavy (non-hydrogen) atoms. The van der Waals surface area contributed by atoms with Gasteiger partial charge in [0.05, 0.1) is 27.9 Å². The molecular weight excluding hydrogens is 322 g/mol. The number of carbonyl (C=O) groups excluding carboxylic acids is 1. The van der Waals surface area contributed by atoms with Gasteiger partial charge in [0.15, 0.2) is 11.5 Å². The van der Waals surface area contributed by atoms with Crippen molar-refractivity contribution < 1.29 is 23.7 Å². The van der Waals surface area contributed by atoms with E-state index in [1.807, 2.05) is 24.3 Å². The predicted octanol–water partition coefficient (Wildman–Crippen LogP) is 2.75. The van der Waals surface area contributed by atoms with Crippen LogP contribution in [0.15, 0.2) is 36.4 Å². The number of benzene rings is 2. The number of methoxy groups -OCH3 is 3. The third kappa shape index (κ3) is 3.33. The number of ether oxygens (including phenoxy) is 4. The molecule has 6 nitrogen and oxygen atoms in total. The van der Waals surface area contributed by atoms with Gasteiger partial charge in [-0.1, -0.05) is 18.2 Å². The molecular formula is C19H21NO5. The van der Waals surface area contributed by atoms with E-state index >= 15 is 0 Å². The molecule has 0 N–H and O–H groups in total. The Bertz CT molecular complexity index is 749. The van der Waals surface area contributed by atoms with Crippen LogP contribution in [0, 0.1) is 0 Å². The Labute approximate surface area is 146 Å². The van der Waals surface area contributed by atoms with Crippen molar-refractivity contribution in [1.29, 1.82) is 0 Å². The highest BCUT2D eigenvalue weighted by Gasteiger charge is 2.23. The molecule has 0 saturated carbocycles. The predicted molar refractivity (Wildman–Crippen MR) is 92.8 cm³/mol. The molecule has 6 heteroatoms. The minimum Gasteiger partial charge on any atom is -0.493 e. The second-order valence-electron chi connectivity index (χ2n) is 5.60. The molecule has 1 aliphatic rings. The summed E-state index contributed by atoms with van der Waals surface area (Å²) in [6.07, 6.45) is 0. The average Bonchev–Trinajstić information content (AvgIpc) is 2.88. The summed E-state index contributed by atoms with van der Waals surface area (Å²) in [6, 6.07) is 11.1. The maximum Gasteiger partial charge on any atom is 0.254 e. The van der Waals surface area contributed by atoms with E-state index in [9.17, 15) is 4.79 Å². The monoisotopic (exact) mass is 343 g/mol. The van der Waals surface area contributed by atoms with Gasteiger partial charge in [-0.05, 0) is 18.2 Å².